The highest BCUT2D eigenvalue weighted by Gasteiger charge is 2.68. The first-order chi connectivity index (χ1) is 7.68. The van der Waals surface area contributed by atoms with E-state index in [9.17, 15) is 0 Å². The van der Waals surface area contributed by atoms with Crippen LogP contribution in [0.2, 0.25) is 5.04 Å². The number of hydrogen-bond acceptors (Lipinski definition) is 3. The second-order valence-corrected chi connectivity index (χ2v) is 8.61. The molecule has 0 heterocycles. The molecule has 0 aromatic heterocycles. The molecule has 94 valence electrons. The third-order valence-corrected chi connectivity index (χ3v) is 8.65. The van der Waals surface area contributed by atoms with Crippen molar-refractivity contribution in [1.29, 1.82) is 0 Å². The van der Waals surface area contributed by atoms with Crippen LogP contribution in [-0.4, -0.2) is 30.1 Å². The Morgan fingerprint density at radius 1 is 1.19 bits per heavy atom. The smallest absolute Gasteiger partial charge is 0.376 e. The van der Waals surface area contributed by atoms with Crippen molar-refractivity contribution in [3.8, 4) is 0 Å². The first-order valence-electron chi connectivity index (χ1n) is 6.33. The molecule has 0 radical (unpaired) electrons. The van der Waals surface area contributed by atoms with E-state index >= 15 is 0 Å². The summed E-state index contributed by atoms with van der Waals surface area (Å²) < 4.78 is 17.3. The average molecular weight is 244 g/mol. The molecule has 0 aromatic rings. The van der Waals surface area contributed by atoms with E-state index in [2.05, 4.69) is 6.92 Å². The molecule has 2 rings (SSSR count). The Bertz CT molecular complexity index is 246. The number of fused-ring (bicyclic) bond motifs is 2. The van der Waals surface area contributed by atoms with Crippen molar-refractivity contribution in [2.45, 2.75) is 44.1 Å². The summed E-state index contributed by atoms with van der Waals surface area (Å²) in [7, 11) is 2.79. The van der Waals surface area contributed by atoms with Gasteiger partial charge in [-0.15, -0.1) is 0 Å². The van der Waals surface area contributed by atoms with E-state index in [1.54, 1.807) is 21.3 Å². The van der Waals surface area contributed by atoms with E-state index in [0.717, 1.165) is 11.8 Å². The van der Waals surface area contributed by atoms with Crippen LogP contribution in [0, 0.1) is 11.8 Å². The summed E-state index contributed by atoms with van der Waals surface area (Å²) in [5.74, 6) is 1.62. The molecule has 2 fully saturated rings. The van der Waals surface area contributed by atoms with Gasteiger partial charge in [0.1, 0.15) is 0 Å². The molecular formula is C12H24O3Si. The topological polar surface area (TPSA) is 27.7 Å². The molecule has 2 saturated carbocycles. The fraction of sp³-hybridized carbons (Fsp3) is 1.00. The molecule has 0 amide bonds. The van der Waals surface area contributed by atoms with Crippen molar-refractivity contribution in [3.63, 3.8) is 0 Å². The van der Waals surface area contributed by atoms with E-state index in [4.69, 9.17) is 13.3 Å². The molecular weight excluding hydrogens is 220 g/mol. The second kappa shape index (κ2) is 4.41. The van der Waals surface area contributed by atoms with Crippen molar-refractivity contribution < 1.29 is 13.3 Å². The van der Waals surface area contributed by atoms with E-state index in [0.29, 0.717) is 0 Å². The fourth-order valence-corrected chi connectivity index (χ4v) is 7.86. The summed E-state index contributed by atoms with van der Waals surface area (Å²) in [6.45, 7) is 2.28. The Balaban J connectivity index is 2.34. The minimum Gasteiger partial charge on any atom is -0.376 e. The standard InChI is InChI=1S/C12H24O3Si/c1-5-11-8-10-6-7-12(11,9-10)16(13-2,14-3)15-4/h10-11H,5-9H2,1-4H3. The highest BCUT2D eigenvalue weighted by Crippen LogP contribution is 2.68. The summed E-state index contributed by atoms with van der Waals surface area (Å²) in [6.07, 6.45) is 6.40. The van der Waals surface area contributed by atoms with Gasteiger partial charge < -0.3 is 13.3 Å². The Kier molecular flexibility index (Phi) is 3.46. The monoisotopic (exact) mass is 244 g/mol. The highest BCUT2D eigenvalue weighted by molar-refractivity contribution is 6.64. The number of hydrogen-bond donors (Lipinski definition) is 0. The maximum absolute atomic E-state index is 5.77. The van der Waals surface area contributed by atoms with Gasteiger partial charge in [-0.2, -0.15) is 0 Å². The van der Waals surface area contributed by atoms with Gasteiger partial charge in [-0.05, 0) is 37.5 Å². The lowest BCUT2D eigenvalue weighted by molar-refractivity contribution is 0.0745. The van der Waals surface area contributed by atoms with Gasteiger partial charge in [0, 0.05) is 26.4 Å². The first kappa shape index (κ1) is 12.6. The molecule has 0 saturated heterocycles. The molecule has 0 aliphatic heterocycles. The van der Waals surface area contributed by atoms with Crippen LogP contribution in [0.25, 0.3) is 0 Å². The zero-order valence-electron chi connectivity index (χ0n) is 10.9. The van der Waals surface area contributed by atoms with Crippen LogP contribution in [-0.2, 0) is 13.3 Å². The van der Waals surface area contributed by atoms with E-state index in [-0.39, 0.29) is 5.04 Å². The highest BCUT2D eigenvalue weighted by atomic mass is 28.4. The summed E-state index contributed by atoms with van der Waals surface area (Å²) in [5.41, 5.74) is 0. The zero-order chi connectivity index (χ0) is 11.8. The Morgan fingerprint density at radius 2 is 1.81 bits per heavy atom. The SMILES string of the molecule is CCC1CC2CCC1([Si](OC)(OC)OC)C2. The Morgan fingerprint density at radius 3 is 2.25 bits per heavy atom. The third-order valence-electron chi connectivity index (χ3n) is 4.96. The largest absolute Gasteiger partial charge is 0.506 e. The molecule has 16 heavy (non-hydrogen) atoms. The maximum atomic E-state index is 5.77. The second-order valence-electron chi connectivity index (χ2n) is 5.27. The maximum Gasteiger partial charge on any atom is 0.506 e. The summed E-state index contributed by atoms with van der Waals surface area (Å²) in [6, 6.07) is 0. The molecule has 2 bridgehead atoms. The van der Waals surface area contributed by atoms with Crippen LogP contribution >= 0.6 is 0 Å². The van der Waals surface area contributed by atoms with Gasteiger partial charge >= 0.3 is 8.80 Å². The lowest BCUT2D eigenvalue weighted by atomic mass is 9.86. The van der Waals surface area contributed by atoms with Crippen LogP contribution in [0.1, 0.15) is 39.0 Å². The number of rotatable bonds is 5. The quantitative estimate of drug-likeness (QED) is 0.696. The fourth-order valence-electron chi connectivity index (χ4n) is 4.33. The molecule has 4 heteroatoms. The molecule has 3 unspecified atom stereocenters. The van der Waals surface area contributed by atoms with Gasteiger partial charge in [0.15, 0.2) is 0 Å². The van der Waals surface area contributed by atoms with Crippen LogP contribution in [0.4, 0.5) is 0 Å². The first-order valence-corrected chi connectivity index (χ1v) is 8.06. The zero-order valence-corrected chi connectivity index (χ0v) is 11.9. The van der Waals surface area contributed by atoms with Gasteiger partial charge in [0.05, 0.1) is 0 Å². The lowest BCUT2D eigenvalue weighted by Crippen LogP contribution is -2.55. The van der Waals surface area contributed by atoms with E-state index in [1.807, 2.05) is 0 Å². The van der Waals surface area contributed by atoms with Gasteiger partial charge in [-0.3, -0.25) is 0 Å². The molecule has 0 aromatic carbocycles. The van der Waals surface area contributed by atoms with Gasteiger partial charge in [-0.25, -0.2) is 0 Å². The van der Waals surface area contributed by atoms with Crippen LogP contribution in [0.3, 0.4) is 0 Å². The summed E-state index contributed by atoms with van der Waals surface area (Å²) >= 11 is 0. The molecule has 2 aliphatic rings. The Labute approximate surface area is 99.8 Å². The predicted octanol–water partition coefficient (Wildman–Crippen LogP) is 2.83. The van der Waals surface area contributed by atoms with Gasteiger partial charge in [0.2, 0.25) is 0 Å². The third kappa shape index (κ3) is 1.43. The van der Waals surface area contributed by atoms with Crippen LogP contribution < -0.4 is 0 Å². The van der Waals surface area contributed by atoms with Crippen LogP contribution in [0.15, 0.2) is 0 Å². The van der Waals surface area contributed by atoms with Crippen molar-refractivity contribution in [3.05, 3.63) is 0 Å². The Hall–Kier alpha value is 0.0969. The lowest BCUT2D eigenvalue weighted by Gasteiger charge is -2.44. The summed E-state index contributed by atoms with van der Waals surface area (Å²) in [4.78, 5) is 0. The van der Waals surface area contributed by atoms with Crippen molar-refractivity contribution in [2.75, 3.05) is 21.3 Å². The molecule has 0 spiro atoms. The van der Waals surface area contributed by atoms with E-state index in [1.165, 1.54) is 32.1 Å². The van der Waals surface area contributed by atoms with Crippen molar-refractivity contribution in [2.24, 2.45) is 11.8 Å². The van der Waals surface area contributed by atoms with Gasteiger partial charge in [0.25, 0.3) is 0 Å². The summed E-state index contributed by atoms with van der Waals surface area (Å²) in [5, 5.41) is 0.213. The predicted molar refractivity (Wildman–Crippen MR) is 65.2 cm³/mol. The molecule has 3 nitrogen and oxygen atoms in total. The van der Waals surface area contributed by atoms with Crippen LogP contribution in [0.5, 0.6) is 0 Å². The molecule has 0 N–H and O–H groups in total. The molecule has 3 atom stereocenters. The van der Waals surface area contributed by atoms with Crippen molar-refractivity contribution >= 4 is 8.80 Å². The minimum absolute atomic E-state index is 0.213. The molecule has 2 aliphatic carbocycles. The van der Waals surface area contributed by atoms with Gasteiger partial charge in [-0.1, -0.05) is 13.3 Å². The van der Waals surface area contributed by atoms with Crippen molar-refractivity contribution in [1.82, 2.24) is 0 Å². The normalized spacial score (nSPS) is 38.2. The minimum atomic E-state index is -2.48. The average Bonchev–Trinajstić information content (AvgIpc) is 2.90. The van der Waals surface area contributed by atoms with E-state index < -0.39 is 8.80 Å².